The van der Waals surface area contributed by atoms with Gasteiger partial charge in [-0.2, -0.15) is 0 Å². The zero-order valence-electron chi connectivity index (χ0n) is 39.3. The number of piperidine rings is 1. The van der Waals surface area contributed by atoms with Gasteiger partial charge in [0.1, 0.15) is 23.7 Å². The first-order valence-corrected chi connectivity index (χ1v) is 24.0. The van der Waals surface area contributed by atoms with Crippen LogP contribution in [0.1, 0.15) is 67.6 Å². The van der Waals surface area contributed by atoms with E-state index in [1.54, 1.807) is 0 Å². The van der Waals surface area contributed by atoms with Crippen LogP contribution in [0.5, 0.6) is 0 Å². The minimum Gasteiger partial charge on any atom is -0.453 e. The predicted octanol–water partition coefficient (Wildman–Crippen LogP) is 9.71. The third kappa shape index (κ3) is 8.47. The van der Waals surface area contributed by atoms with Crippen LogP contribution >= 0.6 is 0 Å². The second-order valence-electron chi connectivity index (χ2n) is 19.1. The summed E-state index contributed by atoms with van der Waals surface area (Å²) in [6.07, 6.45) is 1.09. The summed E-state index contributed by atoms with van der Waals surface area (Å²) in [4.78, 5) is 71.3. The number of fused-ring (bicyclic) bond motifs is 4. The summed E-state index contributed by atoms with van der Waals surface area (Å²) in [6, 6.07) is 42.2. The molecule has 14 nitrogen and oxygen atoms in total. The standard InChI is InChI=1S/C56H54N8O6/c1-30-40(48(30)61-53(65)49(62-55(67)69-3)32-11-7-5-8-12-32)21-24-47-57-42-22-19-38(27-44(42)58-47)36-17-15-35-26-37(18-16-34(35)25-36)39-20-23-43-45(28-39)60-52(59-43)46-29-41-31(2)51(41)64(46)54(66)50(63-56(68)70-4)33-13-9-6-10-14-33/h5-20,22-23,25-28,30-31,40-41,46,48-51H,21,24,29H2,1-4H3,(H,57,58)(H,59,60)(H,61,65)(H,62,67)(H,63,68). The molecule has 4 amide bonds. The molecule has 3 heterocycles. The van der Waals surface area contributed by atoms with Gasteiger partial charge in [0.2, 0.25) is 5.91 Å². The van der Waals surface area contributed by atoms with Gasteiger partial charge in [-0.25, -0.2) is 19.6 Å². The lowest BCUT2D eigenvalue weighted by atomic mass is 9.97. The van der Waals surface area contributed by atoms with E-state index in [0.717, 1.165) is 86.0 Å². The Morgan fingerprint density at radius 1 is 0.657 bits per heavy atom. The van der Waals surface area contributed by atoms with Crippen molar-refractivity contribution in [3.8, 4) is 22.3 Å². The van der Waals surface area contributed by atoms with Gasteiger partial charge in [-0.15, -0.1) is 0 Å². The van der Waals surface area contributed by atoms with Crippen LogP contribution in [-0.2, 0) is 25.5 Å². The number of ether oxygens (including phenoxy) is 2. The van der Waals surface area contributed by atoms with Crippen LogP contribution in [0, 0.1) is 23.7 Å². The largest absolute Gasteiger partial charge is 0.453 e. The van der Waals surface area contributed by atoms with Crippen molar-refractivity contribution in [2.45, 2.75) is 63.3 Å². The third-order valence-corrected chi connectivity index (χ3v) is 15.0. The molecule has 354 valence electrons. The number of rotatable bonds is 13. The molecule has 9 atom stereocenters. The normalized spacial score (nSPS) is 22.0. The van der Waals surface area contributed by atoms with E-state index in [1.807, 2.05) is 71.6 Å². The number of imidazole rings is 2. The topological polar surface area (TPSA) is 183 Å². The molecule has 6 aromatic carbocycles. The van der Waals surface area contributed by atoms with Crippen molar-refractivity contribution in [1.29, 1.82) is 0 Å². The van der Waals surface area contributed by atoms with E-state index >= 15 is 0 Å². The molecular weight excluding hydrogens is 881 g/mol. The molecule has 2 aliphatic carbocycles. The molecule has 1 aliphatic heterocycles. The van der Waals surface area contributed by atoms with E-state index in [1.165, 1.54) is 14.2 Å². The van der Waals surface area contributed by atoms with Gasteiger partial charge in [0, 0.05) is 18.5 Å². The van der Waals surface area contributed by atoms with Crippen molar-refractivity contribution < 1.29 is 28.7 Å². The maximum Gasteiger partial charge on any atom is 0.407 e. The molecule has 3 aliphatic rings. The molecule has 2 aromatic heterocycles. The Balaban J connectivity index is 0.757. The lowest BCUT2D eigenvalue weighted by Gasteiger charge is -2.31. The second kappa shape index (κ2) is 18.1. The van der Waals surface area contributed by atoms with Crippen LogP contribution in [-0.4, -0.2) is 75.1 Å². The quantitative estimate of drug-likeness (QED) is 0.0757. The highest BCUT2D eigenvalue weighted by molar-refractivity contribution is 5.94. The van der Waals surface area contributed by atoms with Gasteiger partial charge in [-0.3, -0.25) is 9.59 Å². The molecule has 3 fully saturated rings. The molecule has 0 radical (unpaired) electrons. The van der Waals surface area contributed by atoms with Crippen molar-refractivity contribution in [3.05, 3.63) is 156 Å². The lowest BCUT2D eigenvalue weighted by Crippen LogP contribution is -2.44. The Morgan fingerprint density at radius 3 is 1.81 bits per heavy atom. The third-order valence-electron chi connectivity index (χ3n) is 15.0. The summed E-state index contributed by atoms with van der Waals surface area (Å²) in [6.45, 7) is 4.32. The van der Waals surface area contributed by atoms with Gasteiger partial charge in [0.15, 0.2) is 0 Å². The Hall–Kier alpha value is -8.00. The number of hydrogen-bond acceptors (Lipinski definition) is 8. The van der Waals surface area contributed by atoms with Crippen molar-refractivity contribution in [2.24, 2.45) is 23.7 Å². The summed E-state index contributed by atoms with van der Waals surface area (Å²) in [5.74, 6) is 2.56. The monoisotopic (exact) mass is 934 g/mol. The molecule has 70 heavy (non-hydrogen) atoms. The highest BCUT2D eigenvalue weighted by Gasteiger charge is 2.61. The van der Waals surface area contributed by atoms with Gasteiger partial charge in [0.25, 0.3) is 5.91 Å². The molecule has 8 aromatic rings. The van der Waals surface area contributed by atoms with E-state index in [2.05, 4.69) is 106 Å². The maximum absolute atomic E-state index is 14.4. The van der Waals surface area contributed by atoms with E-state index in [4.69, 9.17) is 19.4 Å². The van der Waals surface area contributed by atoms with Crippen molar-refractivity contribution in [1.82, 2.24) is 40.8 Å². The summed E-state index contributed by atoms with van der Waals surface area (Å²) < 4.78 is 9.71. The number of aryl methyl sites for hydroxylation is 1. The molecular formula is C56H54N8O6. The summed E-state index contributed by atoms with van der Waals surface area (Å²) in [5.41, 5.74) is 9.32. The molecule has 11 rings (SSSR count). The van der Waals surface area contributed by atoms with Crippen LogP contribution in [0.2, 0.25) is 0 Å². The molecule has 1 saturated heterocycles. The van der Waals surface area contributed by atoms with Crippen LogP contribution in [0.25, 0.3) is 55.1 Å². The lowest BCUT2D eigenvalue weighted by molar-refractivity contribution is -0.136. The first-order valence-electron chi connectivity index (χ1n) is 24.0. The van der Waals surface area contributed by atoms with Crippen molar-refractivity contribution in [3.63, 3.8) is 0 Å². The van der Waals surface area contributed by atoms with Crippen LogP contribution in [0.3, 0.4) is 0 Å². The number of amides is 4. The first-order chi connectivity index (χ1) is 34.0. The van der Waals surface area contributed by atoms with Crippen molar-refractivity contribution in [2.75, 3.05) is 14.2 Å². The Morgan fingerprint density at radius 2 is 1.20 bits per heavy atom. The number of nitrogens with zero attached hydrogens (tertiary/aromatic N) is 3. The van der Waals surface area contributed by atoms with E-state index in [0.29, 0.717) is 34.8 Å². The number of hydrogen-bond donors (Lipinski definition) is 5. The van der Waals surface area contributed by atoms with Gasteiger partial charge >= 0.3 is 12.2 Å². The van der Waals surface area contributed by atoms with Gasteiger partial charge in [-0.1, -0.05) is 111 Å². The smallest absolute Gasteiger partial charge is 0.407 e. The zero-order valence-corrected chi connectivity index (χ0v) is 39.3. The number of carbonyl (C=O) groups is 4. The molecule has 2 saturated carbocycles. The summed E-state index contributed by atoms with van der Waals surface area (Å²) in [7, 11) is 2.58. The fraction of sp³-hybridized carbons (Fsp3) is 0.286. The van der Waals surface area contributed by atoms with Gasteiger partial charge in [-0.05, 0) is 117 Å². The Kier molecular flexibility index (Phi) is 11.5. The molecule has 0 bridgehead atoms. The Bertz CT molecular complexity index is 3300. The average molecular weight is 935 g/mol. The number of carbonyl (C=O) groups excluding carboxylic acids is 4. The predicted molar refractivity (Wildman–Crippen MR) is 267 cm³/mol. The SMILES string of the molecule is COC(=O)NC(C(=O)NC1C(C)C1CCc1nc2ccc(-c3ccc4cc(-c5ccc6nc(C7CC8C(C)C8N7C(=O)C(NC(=O)OC)c7ccccc7)[nH]c6c5)ccc4c3)cc2[nH]1)c1ccccc1. The van der Waals surface area contributed by atoms with Gasteiger partial charge in [0.05, 0.1) is 42.3 Å². The van der Waals surface area contributed by atoms with Gasteiger partial charge < -0.3 is 40.3 Å². The number of benzene rings is 6. The van der Waals surface area contributed by atoms with E-state index < -0.39 is 24.3 Å². The van der Waals surface area contributed by atoms with Crippen LogP contribution < -0.4 is 16.0 Å². The average Bonchev–Trinajstić information content (AvgIpc) is 3.84. The first kappa shape index (κ1) is 44.5. The number of aromatic nitrogens is 4. The highest BCUT2D eigenvalue weighted by atomic mass is 16.5. The number of nitrogens with one attached hydrogen (secondary N) is 5. The number of H-pyrrole nitrogens is 2. The summed E-state index contributed by atoms with van der Waals surface area (Å²) >= 11 is 0. The fourth-order valence-electron chi connectivity index (χ4n) is 11.0. The minimum atomic E-state index is -0.885. The van der Waals surface area contributed by atoms with E-state index in [-0.39, 0.29) is 29.9 Å². The molecule has 5 N–H and O–H groups in total. The molecule has 9 unspecified atom stereocenters. The van der Waals surface area contributed by atoms with Crippen LogP contribution in [0.4, 0.5) is 9.59 Å². The van der Waals surface area contributed by atoms with Crippen LogP contribution in [0.15, 0.2) is 133 Å². The number of aromatic amines is 2. The highest BCUT2D eigenvalue weighted by Crippen LogP contribution is 2.58. The Labute approximate surface area is 404 Å². The number of likely N-dealkylation sites (tertiary alicyclic amines) is 1. The number of alkyl carbamates (subject to hydrolysis) is 2. The zero-order chi connectivity index (χ0) is 48.2. The molecule has 0 spiro atoms. The van der Waals surface area contributed by atoms with Crippen molar-refractivity contribution >= 4 is 56.8 Å². The summed E-state index contributed by atoms with van der Waals surface area (Å²) in [5, 5.41) is 10.9. The molecule has 14 heteroatoms. The number of methoxy groups -OCH3 is 2. The minimum absolute atomic E-state index is 0.00838. The second-order valence-corrected chi connectivity index (χ2v) is 19.1. The maximum atomic E-state index is 14.4. The van der Waals surface area contributed by atoms with E-state index in [9.17, 15) is 19.2 Å². The fourth-order valence-corrected chi connectivity index (χ4v) is 11.0.